The number of hydrogen-bond donors (Lipinski definition) is 2. The first-order valence-electron chi connectivity index (χ1n) is 5.22. The number of carbonyl (C=O) groups excluding carboxylic acids is 1. The fraction of sp³-hybridized carbons (Fsp3) is 0. The van der Waals surface area contributed by atoms with Crippen LogP contribution in [0.15, 0.2) is 42.6 Å². The van der Waals surface area contributed by atoms with E-state index in [1.54, 1.807) is 30.3 Å². The zero-order chi connectivity index (χ0) is 13.0. The van der Waals surface area contributed by atoms with Gasteiger partial charge in [0.2, 0.25) is 0 Å². The molecule has 0 bridgehead atoms. The van der Waals surface area contributed by atoms with Crippen molar-refractivity contribution in [3.63, 3.8) is 0 Å². The van der Waals surface area contributed by atoms with Gasteiger partial charge in [0.1, 0.15) is 0 Å². The quantitative estimate of drug-likeness (QED) is 0.834. The normalized spacial score (nSPS) is 9.50. The van der Waals surface area contributed by atoms with Crippen LogP contribution < -0.4 is 11.1 Å². The van der Waals surface area contributed by atoms with E-state index in [1.165, 1.54) is 12.3 Å². The number of benzene rings is 1. The number of rotatable bonds is 2. The van der Waals surface area contributed by atoms with Crippen molar-refractivity contribution in [2.24, 2.45) is 0 Å². The maximum Gasteiger partial charge on any atom is 0.256 e. The predicted octanol–water partition coefficient (Wildman–Crippen LogP) is 1.79. The summed E-state index contributed by atoms with van der Waals surface area (Å²) < 4.78 is 0. The second kappa shape index (κ2) is 4.97. The van der Waals surface area contributed by atoms with Crippen molar-refractivity contribution in [1.29, 1.82) is 5.26 Å². The van der Waals surface area contributed by atoms with Crippen LogP contribution >= 0.6 is 0 Å². The van der Waals surface area contributed by atoms with Gasteiger partial charge in [-0.2, -0.15) is 5.26 Å². The molecule has 0 aliphatic carbocycles. The predicted molar refractivity (Wildman–Crippen MR) is 67.8 cm³/mol. The highest BCUT2D eigenvalue weighted by molar-refractivity contribution is 6.05. The van der Waals surface area contributed by atoms with Crippen molar-refractivity contribution in [2.45, 2.75) is 0 Å². The summed E-state index contributed by atoms with van der Waals surface area (Å²) in [6.07, 6.45) is 1.54. The Hall–Kier alpha value is -2.87. The van der Waals surface area contributed by atoms with E-state index >= 15 is 0 Å². The molecule has 0 radical (unpaired) electrons. The first-order valence-corrected chi connectivity index (χ1v) is 5.22. The largest absolute Gasteiger partial charge is 0.396 e. The van der Waals surface area contributed by atoms with Crippen LogP contribution in [0.2, 0.25) is 0 Å². The summed E-state index contributed by atoms with van der Waals surface area (Å²) in [5, 5.41) is 11.4. The van der Waals surface area contributed by atoms with Crippen molar-refractivity contribution in [2.75, 3.05) is 11.1 Å². The van der Waals surface area contributed by atoms with Crippen molar-refractivity contribution in [3.8, 4) is 6.07 Å². The van der Waals surface area contributed by atoms with Crippen molar-refractivity contribution in [1.82, 2.24) is 4.98 Å². The molecule has 0 atom stereocenters. The SMILES string of the molecule is N#Cc1cccc(C(=O)Nc2ncccc2N)c1. The van der Waals surface area contributed by atoms with Crippen LogP contribution in [0.5, 0.6) is 0 Å². The highest BCUT2D eigenvalue weighted by Crippen LogP contribution is 2.14. The molecule has 0 spiro atoms. The summed E-state index contributed by atoms with van der Waals surface area (Å²) in [6, 6.07) is 11.7. The van der Waals surface area contributed by atoms with E-state index < -0.39 is 0 Å². The first kappa shape index (κ1) is 11.6. The molecule has 88 valence electrons. The van der Waals surface area contributed by atoms with Gasteiger partial charge in [-0.1, -0.05) is 6.07 Å². The summed E-state index contributed by atoms with van der Waals surface area (Å²) in [5.41, 5.74) is 6.88. The lowest BCUT2D eigenvalue weighted by Gasteiger charge is -2.06. The van der Waals surface area contributed by atoms with E-state index in [0.717, 1.165) is 0 Å². The highest BCUT2D eigenvalue weighted by atomic mass is 16.1. The number of nitrogens with zero attached hydrogens (tertiary/aromatic N) is 2. The molecule has 2 aromatic rings. The Morgan fingerprint density at radius 2 is 2.17 bits per heavy atom. The molecule has 5 heteroatoms. The maximum absolute atomic E-state index is 11.9. The van der Waals surface area contributed by atoms with Crippen molar-refractivity contribution in [3.05, 3.63) is 53.7 Å². The molecule has 1 amide bonds. The van der Waals surface area contributed by atoms with Crippen LogP contribution in [-0.2, 0) is 0 Å². The van der Waals surface area contributed by atoms with Crippen LogP contribution in [-0.4, -0.2) is 10.9 Å². The molecule has 2 rings (SSSR count). The Balaban J connectivity index is 2.23. The van der Waals surface area contributed by atoms with Crippen molar-refractivity contribution < 1.29 is 4.79 Å². The minimum absolute atomic E-state index is 0.310. The number of nitrogens with one attached hydrogen (secondary N) is 1. The Morgan fingerprint density at radius 3 is 2.89 bits per heavy atom. The number of nitrogen functional groups attached to an aromatic ring is 1. The lowest BCUT2D eigenvalue weighted by Crippen LogP contribution is -2.14. The van der Waals surface area contributed by atoms with Gasteiger partial charge in [0, 0.05) is 11.8 Å². The molecule has 0 fully saturated rings. The lowest BCUT2D eigenvalue weighted by molar-refractivity contribution is 0.102. The zero-order valence-electron chi connectivity index (χ0n) is 9.42. The van der Waals surface area contributed by atoms with Crippen LogP contribution in [0, 0.1) is 11.3 Å². The third-order valence-corrected chi connectivity index (χ3v) is 2.32. The average molecular weight is 238 g/mol. The van der Waals surface area contributed by atoms with Gasteiger partial charge < -0.3 is 11.1 Å². The molecule has 3 N–H and O–H groups in total. The van der Waals surface area contributed by atoms with Gasteiger partial charge in [-0.25, -0.2) is 4.98 Å². The molecule has 18 heavy (non-hydrogen) atoms. The molecule has 0 saturated carbocycles. The summed E-state index contributed by atoms with van der Waals surface area (Å²) in [5.74, 6) is -0.0395. The molecule has 0 unspecified atom stereocenters. The van der Waals surface area contributed by atoms with Crippen LogP contribution in [0.4, 0.5) is 11.5 Å². The van der Waals surface area contributed by atoms with Gasteiger partial charge in [0.05, 0.1) is 17.3 Å². The topological polar surface area (TPSA) is 91.8 Å². The lowest BCUT2D eigenvalue weighted by atomic mass is 10.1. The van der Waals surface area contributed by atoms with E-state index in [4.69, 9.17) is 11.0 Å². The van der Waals surface area contributed by atoms with E-state index in [-0.39, 0.29) is 5.91 Å². The van der Waals surface area contributed by atoms with Gasteiger partial charge in [-0.05, 0) is 30.3 Å². The molecule has 0 aliphatic heterocycles. The molecule has 1 heterocycles. The van der Waals surface area contributed by atoms with Gasteiger partial charge in [0.25, 0.3) is 5.91 Å². The number of pyridine rings is 1. The Bertz CT molecular complexity index is 631. The van der Waals surface area contributed by atoms with E-state index in [2.05, 4.69) is 10.3 Å². The number of anilines is 2. The van der Waals surface area contributed by atoms with E-state index in [9.17, 15) is 4.79 Å². The average Bonchev–Trinajstić information content (AvgIpc) is 2.41. The molecule has 1 aromatic heterocycles. The highest BCUT2D eigenvalue weighted by Gasteiger charge is 2.09. The second-order valence-corrected chi connectivity index (χ2v) is 3.59. The first-order chi connectivity index (χ1) is 8.70. The third kappa shape index (κ3) is 2.44. The van der Waals surface area contributed by atoms with Crippen molar-refractivity contribution >= 4 is 17.4 Å². The summed E-state index contributed by atoms with van der Waals surface area (Å²) in [4.78, 5) is 15.9. The Labute approximate surface area is 104 Å². The number of aromatic nitrogens is 1. The molecular weight excluding hydrogens is 228 g/mol. The molecule has 1 aromatic carbocycles. The monoisotopic (exact) mass is 238 g/mol. The summed E-state index contributed by atoms with van der Waals surface area (Å²) in [6.45, 7) is 0. The zero-order valence-corrected chi connectivity index (χ0v) is 9.42. The summed E-state index contributed by atoms with van der Waals surface area (Å²) in [7, 11) is 0. The van der Waals surface area contributed by atoms with Gasteiger partial charge >= 0.3 is 0 Å². The van der Waals surface area contributed by atoms with E-state index in [0.29, 0.717) is 22.6 Å². The van der Waals surface area contributed by atoms with Crippen LogP contribution in [0.1, 0.15) is 15.9 Å². The molecule has 0 saturated heterocycles. The molecular formula is C13H10N4O. The summed E-state index contributed by atoms with van der Waals surface area (Å²) >= 11 is 0. The fourth-order valence-electron chi connectivity index (χ4n) is 1.43. The van der Waals surface area contributed by atoms with Crippen LogP contribution in [0.3, 0.4) is 0 Å². The van der Waals surface area contributed by atoms with Crippen LogP contribution in [0.25, 0.3) is 0 Å². The Morgan fingerprint density at radius 1 is 1.33 bits per heavy atom. The molecule has 0 aliphatic rings. The van der Waals surface area contributed by atoms with Gasteiger partial charge in [-0.15, -0.1) is 0 Å². The number of amides is 1. The smallest absolute Gasteiger partial charge is 0.256 e. The Kier molecular flexibility index (Phi) is 3.21. The second-order valence-electron chi connectivity index (χ2n) is 3.59. The maximum atomic E-state index is 11.9. The third-order valence-electron chi connectivity index (χ3n) is 2.32. The van der Waals surface area contributed by atoms with E-state index in [1.807, 2.05) is 6.07 Å². The number of hydrogen-bond acceptors (Lipinski definition) is 4. The minimum atomic E-state index is -0.350. The number of nitriles is 1. The number of carbonyl (C=O) groups is 1. The van der Waals surface area contributed by atoms with Gasteiger partial charge in [0.15, 0.2) is 5.82 Å². The number of nitrogens with two attached hydrogens (primary N) is 1. The fourth-order valence-corrected chi connectivity index (χ4v) is 1.43. The minimum Gasteiger partial charge on any atom is -0.396 e. The van der Waals surface area contributed by atoms with Gasteiger partial charge in [-0.3, -0.25) is 4.79 Å². The standard InChI is InChI=1S/C13H10N4O/c14-8-9-3-1-4-10(7-9)13(18)17-12-11(15)5-2-6-16-12/h1-7H,15H2,(H,16,17,18). The molecule has 5 nitrogen and oxygen atoms in total.